The molecule has 0 aromatic carbocycles. The molecular weight excluding hydrogens is 243 g/mol. The molecule has 0 aromatic rings. The Morgan fingerprint density at radius 1 is 1.29 bits per heavy atom. The van der Waals surface area contributed by atoms with Gasteiger partial charge in [0.1, 0.15) is 0 Å². The number of hydrogen-bond donors (Lipinski definition) is 0. The van der Waals surface area contributed by atoms with E-state index in [2.05, 4.69) is 20.0 Å². The van der Waals surface area contributed by atoms with Crippen molar-refractivity contribution in [3.63, 3.8) is 0 Å². The van der Waals surface area contributed by atoms with Gasteiger partial charge in [0.15, 0.2) is 0 Å². The predicted octanol–water partition coefficient (Wildman–Crippen LogP) is -3.11. The first-order valence-corrected chi connectivity index (χ1v) is 10.6. The van der Waals surface area contributed by atoms with Crippen LogP contribution in [0.1, 0.15) is 19.8 Å². The van der Waals surface area contributed by atoms with Crippen molar-refractivity contribution in [3.05, 3.63) is 0 Å². The summed E-state index contributed by atoms with van der Waals surface area (Å²) in [5, 5.41) is 0. The summed E-state index contributed by atoms with van der Waals surface area (Å²) in [5.74, 6) is -0.175. The van der Waals surface area contributed by atoms with Crippen molar-refractivity contribution in [3.8, 4) is 0 Å². The minimum Gasteiger partial charge on any atom is -0.748 e. The molecule has 3 nitrogen and oxygen atoms in total. The van der Waals surface area contributed by atoms with Gasteiger partial charge in [0.05, 0.1) is 10.1 Å². The van der Waals surface area contributed by atoms with Crippen LogP contribution in [0.25, 0.3) is 0 Å². The summed E-state index contributed by atoms with van der Waals surface area (Å²) in [5.41, 5.74) is 0. The molecular formula is C7H19NaO3SSi2. The van der Waals surface area contributed by atoms with Gasteiger partial charge in [-0.25, -0.2) is 8.42 Å². The van der Waals surface area contributed by atoms with Crippen molar-refractivity contribution < 1.29 is 42.5 Å². The third kappa shape index (κ3) is 8.64. The molecule has 7 heteroatoms. The molecule has 0 aliphatic carbocycles. The van der Waals surface area contributed by atoms with Gasteiger partial charge in [0, 0.05) is 24.8 Å². The second-order valence-corrected chi connectivity index (χ2v) is 11.2. The molecule has 0 atom stereocenters. The molecule has 0 unspecified atom stereocenters. The molecule has 0 aliphatic rings. The Morgan fingerprint density at radius 3 is 2.00 bits per heavy atom. The molecule has 14 heavy (non-hydrogen) atoms. The fourth-order valence-corrected chi connectivity index (χ4v) is 4.98. The first-order valence-electron chi connectivity index (χ1n) is 4.76. The molecule has 0 aliphatic heterocycles. The predicted molar refractivity (Wildman–Crippen MR) is 61.0 cm³/mol. The van der Waals surface area contributed by atoms with E-state index in [1.54, 1.807) is 0 Å². The van der Waals surface area contributed by atoms with Crippen molar-refractivity contribution in [1.82, 2.24) is 0 Å². The molecule has 0 aromatic heterocycles. The summed E-state index contributed by atoms with van der Waals surface area (Å²) in [7, 11) is -4.12. The largest absolute Gasteiger partial charge is 1.00 e. The van der Waals surface area contributed by atoms with E-state index in [0.717, 1.165) is 6.42 Å². The van der Waals surface area contributed by atoms with Crippen LogP contribution in [-0.4, -0.2) is 37.8 Å². The molecule has 0 fully saturated rings. The Kier molecular flexibility index (Phi) is 9.61. The minimum absolute atomic E-state index is 0. The van der Waals surface area contributed by atoms with E-state index < -0.39 is 10.1 Å². The first kappa shape index (κ1) is 17.7. The van der Waals surface area contributed by atoms with Crippen LogP contribution in [0, 0.1) is 0 Å². The topological polar surface area (TPSA) is 57.2 Å². The van der Waals surface area contributed by atoms with E-state index in [1.165, 1.54) is 0 Å². The molecule has 0 amide bonds. The average molecular weight is 262 g/mol. The van der Waals surface area contributed by atoms with Crippen LogP contribution in [0.5, 0.6) is 0 Å². The standard InChI is InChI=1S/C7H20O3SSi2.Na/c1-7(12-2,13-3)5-4-6-11(8,9)10;/h4-6,12-13H2,1-3H3,(H,8,9,10);/q;+1/p-1. The van der Waals surface area contributed by atoms with Crippen molar-refractivity contribution in [2.45, 2.75) is 37.5 Å². The molecule has 0 bridgehead atoms. The van der Waals surface area contributed by atoms with E-state index in [-0.39, 0.29) is 54.3 Å². The molecule has 0 spiro atoms. The van der Waals surface area contributed by atoms with Gasteiger partial charge in [-0.05, 0) is 6.42 Å². The fourth-order valence-electron chi connectivity index (χ4n) is 1.28. The Hall–Kier alpha value is 1.34. The molecule has 0 N–H and O–H groups in total. The maximum atomic E-state index is 10.4. The minimum atomic E-state index is -3.98. The Morgan fingerprint density at radius 2 is 1.71 bits per heavy atom. The third-order valence-corrected chi connectivity index (χ3v) is 10.8. The second-order valence-electron chi connectivity index (χ2n) is 3.88. The van der Waals surface area contributed by atoms with Gasteiger partial charge in [0.2, 0.25) is 0 Å². The summed E-state index contributed by atoms with van der Waals surface area (Å²) in [6.45, 7) is 6.78. The van der Waals surface area contributed by atoms with Crippen LogP contribution in [-0.2, 0) is 10.1 Å². The maximum Gasteiger partial charge on any atom is 1.00 e. The Balaban J connectivity index is 0. The molecule has 0 saturated carbocycles. The normalized spacial score (nSPS) is 17.4. The van der Waals surface area contributed by atoms with Crippen LogP contribution < -0.4 is 29.6 Å². The molecule has 0 rings (SSSR count). The van der Waals surface area contributed by atoms with Gasteiger partial charge < -0.3 is 4.55 Å². The smallest absolute Gasteiger partial charge is 0.748 e. The number of rotatable bonds is 6. The number of hydrogen-bond acceptors (Lipinski definition) is 3. The van der Waals surface area contributed by atoms with Gasteiger partial charge in [0.25, 0.3) is 0 Å². The van der Waals surface area contributed by atoms with Gasteiger partial charge in [-0.15, -0.1) is 0 Å². The van der Waals surface area contributed by atoms with Crippen molar-refractivity contribution in [1.29, 1.82) is 0 Å². The fraction of sp³-hybridized carbons (Fsp3) is 1.00. The zero-order chi connectivity index (χ0) is 10.5. The zero-order valence-corrected chi connectivity index (χ0v) is 15.3. The maximum absolute atomic E-state index is 10.4. The van der Waals surface area contributed by atoms with Crippen molar-refractivity contribution in [2.24, 2.45) is 0 Å². The van der Waals surface area contributed by atoms with Crippen LogP contribution in [0.3, 0.4) is 0 Å². The molecule has 0 radical (unpaired) electrons. The Bertz CT molecular complexity index is 239. The summed E-state index contributed by atoms with van der Waals surface area (Å²) >= 11 is 0. The summed E-state index contributed by atoms with van der Waals surface area (Å²) in [4.78, 5) is 0. The van der Waals surface area contributed by atoms with Crippen LogP contribution in [0.15, 0.2) is 0 Å². The monoisotopic (exact) mass is 262 g/mol. The van der Waals surface area contributed by atoms with Crippen LogP contribution >= 0.6 is 0 Å². The molecule has 80 valence electrons. The van der Waals surface area contributed by atoms with Gasteiger partial charge in [-0.1, -0.05) is 31.1 Å². The summed E-state index contributed by atoms with van der Waals surface area (Å²) in [6, 6.07) is 0. The van der Waals surface area contributed by atoms with E-state index in [4.69, 9.17) is 0 Å². The van der Waals surface area contributed by atoms with E-state index in [0.29, 0.717) is 11.1 Å². The Labute approximate surface area is 114 Å². The van der Waals surface area contributed by atoms with Crippen LogP contribution in [0.2, 0.25) is 17.8 Å². The van der Waals surface area contributed by atoms with Crippen molar-refractivity contribution >= 4 is 29.2 Å². The van der Waals surface area contributed by atoms with Crippen LogP contribution in [0.4, 0.5) is 0 Å². The summed E-state index contributed by atoms with van der Waals surface area (Å²) in [6.07, 6.45) is 1.50. The summed E-state index contributed by atoms with van der Waals surface area (Å²) < 4.78 is 31.6. The SMILES string of the molecule is C[SiH2]C(C)(CCCS(=O)(=O)[O-])[SiH2]C.[Na+]. The van der Waals surface area contributed by atoms with E-state index >= 15 is 0 Å². The third-order valence-electron chi connectivity index (χ3n) is 2.88. The van der Waals surface area contributed by atoms with Gasteiger partial charge in [-0.3, -0.25) is 0 Å². The van der Waals surface area contributed by atoms with Gasteiger partial charge >= 0.3 is 29.6 Å². The van der Waals surface area contributed by atoms with Crippen molar-refractivity contribution in [2.75, 3.05) is 5.75 Å². The average Bonchev–Trinajstić information content (AvgIpc) is 2.02. The first-order chi connectivity index (χ1) is 5.83. The van der Waals surface area contributed by atoms with E-state index in [1.807, 2.05) is 0 Å². The molecule has 0 heterocycles. The quantitative estimate of drug-likeness (QED) is 0.376. The van der Waals surface area contributed by atoms with E-state index in [9.17, 15) is 13.0 Å². The molecule has 0 saturated heterocycles. The second kappa shape index (κ2) is 7.59. The zero-order valence-electron chi connectivity index (χ0n) is 9.67. The van der Waals surface area contributed by atoms with Gasteiger partial charge in [-0.2, -0.15) is 0 Å².